The van der Waals surface area contributed by atoms with Gasteiger partial charge in [0.15, 0.2) is 0 Å². The van der Waals surface area contributed by atoms with Gasteiger partial charge in [-0.1, -0.05) is 28.1 Å². The highest BCUT2D eigenvalue weighted by Gasteiger charge is 2.10. The maximum absolute atomic E-state index is 12.0. The molecule has 114 valence electrons. The molecule has 2 aromatic carbocycles. The molecule has 22 heavy (non-hydrogen) atoms. The lowest BCUT2D eigenvalue weighted by Gasteiger charge is -2.06. The van der Waals surface area contributed by atoms with E-state index in [0.29, 0.717) is 16.8 Å². The Kier molecular flexibility index (Phi) is 5.55. The minimum absolute atomic E-state index is 0.106. The van der Waals surface area contributed by atoms with Crippen molar-refractivity contribution in [2.45, 2.75) is 6.92 Å². The summed E-state index contributed by atoms with van der Waals surface area (Å²) in [5, 5.41) is 13.6. The molecule has 2 N–H and O–H groups in total. The molecule has 0 radical (unpaired) electrons. The molecule has 1 amide bonds. The molecule has 0 aliphatic heterocycles. The molecule has 0 aromatic heterocycles. The number of phenols is 1. The molecule has 0 bridgehead atoms. The number of aromatic hydroxyl groups is 1. The van der Waals surface area contributed by atoms with Gasteiger partial charge in [-0.3, -0.25) is 4.79 Å². The Hall–Kier alpha value is -2.34. The maximum atomic E-state index is 12.0. The fraction of sp³-hybridized carbons (Fsp3) is 0.125. The minimum Gasteiger partial charge on any atom is -0.507 e. The number of ether oxygens (including phenoxy) is 1. The number of carbonyl (C=O) groups excluding carboxylic acids is 1. The smallest absolute Gasteiger partial charge is 0.275 e. The molecular weight excluding hydrogens is 348 g/mol. The van der Waals surface area contributed by atoms with Crippen molar-refractivity contribution in [3.8, 4) is 11.5 Å². The van der Waals surface area contributed by atoms with Crippen LogP contribution >= 0.6 is 15.9 Å². The number of nitrogens with zero attached hydrogens (tertiary/aromatic N) is 1. The number of rotatable bonds is 5. The van der Waals surface area contributed by atoms with Crippen LogP contribution in [0.2, 0.25) is 0 Å². The molecule has 0 fully saturated rings. The van der Waals surface area contributed by atoms with E-state index in [-0.39, 0.29) is 11.3 Å². The van der Waals surface area contributed by atoms with E-state index in [2.05, 4.69) is 26.5 Å². The first-order valence-corrected chi connectivity index (χ1v) is 7.45. The Labute approximate surface area is 136 Å². The summed E-state index contributed by atoms with van der Waals surface area (Å²) in [5.74, 6) is 0.0860. The molecule has 0 unspecified atom stereocenters. The zero-order chi connectivity index (χ0) is 15.9. The summed E-state index contributed by atoms with van der Waals surface area (Å²) in [6, 6.07) is 12.0. The van der Waals surface area contributed by atoms with Crippen LogP contribution < -0.4 is 10.2 Å². The highest BCUT2D eigenvalue weighted by atomic mass is 79.9. The van der Waals surface area contributed by atoms with Gasteiger partial charge in [0.25, 0.3) is 5.91 Å². The fourth-order valence-corrected chi connectivity index (χ4v) is 2.15. The Morgan fingerprint density at radius 1 is 1.36 bits per heavy atom. The number of amides is 1. The van der Waals surface area contributed by atoms with E-state index >= 15 is 0 Å². The maximum Gasteiger partial charge on any atom is 0.275 e. The topological polar surface area (TPSA) is 70.9 Å². The second-order valence-electron chi connectivity index (χ2n) is 4.33. The predicted molar refractivity (Wildman–Crippen MR) is 88.5 cm³/mol. The zero-order valence-corrected chi connectivity index (χ0v) is 13.5. The van der Waals surface area contributed by atoms with Gasteiger partial charge in [0.05, 0.1) is 18.4 Å². The summed E-state index contributed by atoms with van der Waals surface area (Å²) < 4.78 is 6.16. The first-order chi connectivity index (χ1) is 10.6. The van der Waals surface area contributed by atoms with Crippen LogP contribution in [-0.4, -0.2) is 23.8 Å². The summed E-state index contributed by atoms with van der Waals surface area (Å²) in [4.78, 5) is 12.0. The normalized spacial score (nSPS) is 10.6. The van der Waals surface area contributed by atoms with Crippen LogP contribution in [0.1, 0.15) is 22.8 Å². The van der Waals surface area contributed by atoms with Gasteiger partial charge in [0.1, 0.15) is 11.5 Å². The SMILES string of the molecule is CCOc1ccccc1/C=N\NC(=O)c1cc(Br)ccc1O. The van der Waals surface area contributed by atoms with Crippen molar-refractivity contribution in [3.63, 3.8) is 0 Å². The average Bonchev–Trinajstić information content (AvgIpc) is 2.51. The molecule has 0 atom stereocenters. The molecule has 0 saturated heterocycles. The number of nitrogens with one attached hydrogen (secondary N) is 1. The lowest BCUT2D eigenvalue weighted by Crippen LogP contribution is -2.17. The second kappa shape index (κ2) is 7.61. The Bertz CT molecular complexity index is 702. The number of phenolic OH excluding ortho intramolecular Hbond substituents is 1. The van der Waals surface area contributed by atoms with Gasteiger partial charge in [0, 0.05) is 10.0 Å². The molecule has 0 aliphatic rings. The number of hydrogen-bond acceptors (Lipinski definition) is 4. The monoisotopic (exact) mass is 362 g/mol. The summed E-state index contributed by atoms with van der Waals surface area (Å²) in [6.45, 7) is 2.44. The summed E-state index contributed by atoms with van der Waals surface area (Å²) in [5.41, 5.74) is 3.27. The van der Waals surface area contributed by atoms with Gasteiger partial charge >= 0.3 is 0 Å². The zero-order valence-electron chi connectivity index (χ0n) is 11.9. The third-order valence-corrected chi connectivity index (χ3v) is 3.29. The lowest BCUT2D eigenvalue weighted by molar-refractivity contribution is 0.0952. The molecule has 0 spiro atoms. The summed E-state index contributed by atoms with van der Waals surface area (Å²) >= 11 is 3.25. The minimum atomic E-state index is -0.496. The molecule has 2 rings (SSSR count). The summed E-state index contributed by atoms with van der Waals surface area (Å²) in [6.07, 6.45) is 1.50. The Morgan fingerprint density at radius 3 is 2.91 bits per heavy atom. The van der Waals surface area contributed by atoms with Gasteiger partial charge in [-0.05, 0) is 37.3 Å². The van der Waals surface area contributed by atoms with Gasteiger partial charge in [-0.2, -0.15) is 5.10 Å². The van der Waals surface area contributed by atoms with Crippen LogP contribution in [0.3, 0.4) is 0 Å². The molecule has 0 saturated carbocycles. The van der Waals surface area contributed by atoms with Crippen LogP contribution in [0.5, 0.6) is 11.5 Å². The average molecular weight is 363 g/mol. The lowest BCUT2D eigenvalue weighted by atomic mass is 10.2. The number of carbonyl (C=O) groups is 1. The highest BCUT2D eigenvalue weighted by molar-refractivity contribution is 9.10. The molecule has 5 nitrogen and oxygen atoms in total. The van der Waals surface area contributed by atoms with Crippen molar-refractivity contribution < 1.29 is 14.6 Å². The van der Waals surface area contributed by atoms with Crippen LogP contribution in [0.15, 0.2) is 52.0 Å². The molecule has 2 aromatic rings. The van der Waals surface area contributed by atoms with E-state index < -0.39 is 5.91 Å². The Morgan fingerprint density at radius 2 is 2.14 bits per heavy atom. The number of hydrazone groups is 1. The van der Waals surface area contributed by atoms with Crippen molar-refractivity contribution in [3.05, 3.63) is 58.1 Å². The molecular formula is C16H15BrN2O3. The van der Waals surface area contributed by atoms with E-state index in [1.165, 1.54) is 18.3 Å². The summed E-state index contributed by atoms with van der Waals surface area (Å²) in [7, 11) is 0. The van der Waals surface area contributed by atoms with Gasteiger partial charge in [-0.25, -0.2) is 5.43 Å². The van der Waals surface area contributed by atoms with Crippen molar-refractivity contribution in [1.29, 1.82) is 0 Å². The third kappa shape index (κ3) is 4.08. The van der Waals surface area contributed by atoms with Crippen LogP contribution in [0.4, 0.5) is 0 Å². The predicted octanol–water partition coefficient (Wildman–Crippen LogP) is 3.32. The Balaban J connectivity index is 2.09. The van der Waals surface area contributed by atoms with Gasteiger partial charge in [0.2, 0.25) is 0 Å². The van der Waals surface area contributed by atoms with Crippen molar-refractivity contribution in [2.75, 3.05) is 6.61 Å². The highest BCUT2D eigenvalue weighted by Crippen LogP contribution is 2.21. The molecule has 6 heteroatoms. The van der Waals surface area contributed by atoms with E-state index in [0.717, 1.165) is 5.56 Å². The van der Waals surface area contributed by atoms with Crippen molar-refractivity contribution >= 4 is 28.1 Å². The quantitative estimate of drug-likeness (QED) is 0.633. The van der Waals surface area contributed by atoms with Crippen LogP contribution in [0.25, 0.3) is 0 Å². The van der Waals surface area contributed by atoms with E-state index in [9.17, 15) is 9.90 Å². The van der Waals surface area contributed by atoms with Crippen LogP contribution in [0, 0.1) is 0 Å². The fourth-order valence-electron chi connectivity index (χ4n) is 1.78. The molecule has 0 heterocycles. The van der Waals surface area contributed by atoms with Gasteiger partial charge < -0.3 is 9.84 Å². The number of halogens is 1. The van der Waals surface area contributed by atoms with Crippen LogP contribution in [-0.2, 0) is 0 Å². The van der Waals surface area contributed by atoms with Crippen molar-refractivity contribution in [2.24, 2.45) is 5.10 Å². The molecule has 0 aliphatic carbocycles. The van der Waals surface area contributed by atoms with E-state index in [1.54, 1.807) is 6.07 Å². The largest absolute Gasteiger partial charge is 0.507 e. The van der Waals surface area contributed by atoms with E-state index in [1.807, 2.05) is 31.2 Å². The number of benzene rings is 2. The number of para-hydroxylation sites is 1. The third-order valence-electron chi connectivity index (χ3n) is 2.79. The van der Waals surface area contributed by atoms with Gasteiger partial charge in [-0.15, -0.1) is 0 Å². The first kappa shape index (κ1) is 16.0. The standard InChI is InChI=1S/C16H15BrN2O3/c1-2-22-15-6-4-3-5-11(15)10-18-19-16(21)13-9-12(17)7-8-14(13)20/h3-10,20H,2H2,1H3,(H,19,21)/b18-10-. The first-order valence-electron chi connectivity index (χ1n) is 6.65. The second-order valence-corrected chi connectivity index (χ2v) is 5.25. The number of hydrogen-bond donors (Lipinski definition) is 2. The van der Waals surface area contributed by atoms with E-state index in [4.69, 9.17) is 4.74 Å². The van der Waals surface area contributed by atoms with Crippen molar-refractivity contribution in [1.82, 2.24) is 5.43 Å².